The summed E-state index contributed by atoms with van der Waals surface area (Å²) >= 11 is 0. The Hall–Kier alpha value is -1.95. The molecule has 1 fully saturated rings. The number of aliphatic carboxylic acids is 1. The lowest BCUT2D eigenvalue weighted by atomic mass is 9.95. The van der Waals surface area contributed by atoms with Gasteiger partial charge < -0.3 is 10.0 Å². The summed E-state index contributed by atoms with van der Waals surface area (Å²) < 4.78 is 13.3. The summed E-state index contributed by atoms with van der Waals surface area (Å²) in [5.74, 6) is -1.61. The number of benzene rings is 1. The van der Waals surface area contributed by atoms with E-state index in [9.17, 15) is 14.0 Å². The number of nitrogens with zero attached hydrogens (tertiary/aromatic N) is 2. The van der Waals surface area contributed by atoms with Gasteiger partial charge in [0.2, 0.25) is 5.91 Å². The van der Waals surface area contributed by atoms with E-state index in [2.05, 4.69) is 4.90 Å². The van der Waals surface area contributed by atoms with Crippen molar-refractivity contribution in [2.24, 2.45) is 5.92 Å². The molecule has 23 heavy (non-hydrogen) atoms. The molecule has 6 heteroatoms. The van der Waals surface area contributed by atoms with Crippen LogP contribution in [0.25, 0.3) is 0 Å². The Morgan fingerprint density at radius 2 is 2.22 bits per heavy atom. The molecule has 1 aliphatic heterocycles. The highest BCUT2D eigenvalue weighted by molar-refractivity contribution is 5.84. The summed E-state index contributed by atoms with van der Waals surface area (Å²) in [6, 6.07) is 5.63. The lowest BCUT2D eigenvalue weighted by molar-refractivity contribution is -0.150. The van der Waals surface area contributed by atoms with E-state index in [1.165, 1.54) is 31.0 Å². The number of halogens is 1. The molecular formula is C17H23FN2O3. The summed E-state index contributed by atoms with van der Waals surface area (Å²) in [7, 11) is 1.53. The van der Waals surface area contributed by atoms with E-state index in [0.29, 0.717) is 13.1 Å². The molecule has 1 aromatic rings. The molecule has 0 spiro atoms. The minimum Gasteiger partial charge on any atom is -0.480 e. The van der Waals surface area contributed by atoms with E-state index < -0.39 is 12.0 Å². The molecule has 0 saturated carbocycles. The highest BCUT2D eigenvalue weighted by Crippen LogP contribution is 2.21. The van der Waals surface area contributed by atoms with Gasteiger partial charge in [0, 0.05) is 20.1 Å². The molecule has 1 saturated heterocycles. The molecule has 0 aromatic heterocycles. The van der Waals surface area contributed by atoms with Crippen LogP contribution < -0.4 is 0 Å². The number of carbonyl (C=O) groups excluding carboxylic acids is 1. The molecule has 1 N–H and O–H groups in total. The first-order chi connectivity index (χ1) is 10.9. The van der Waals surface area contributed by atoms with Gasteiger partial charge in [0.05, 0.1) is 5.92 Å². The van der Waals surface area contributed by atoms with Gasteiger partial charge in [0.1, 0.15) is 11.9 Å². The highest BCUT2D eigenvalue weighted by atomic mass is 19.1. The van der Waals surface area contributed by atoms with E-state index in [1.54, 1.807) is 6.07 Å². The largest absolute Gasteiger partial charge is 0.480 e. The number of rotatable bonds is 5. The smallest absolute Gasteiger partial charge is 0.326 e. The highest BCUT2D eigenvalue weighted by Gasteiger charge is 2.31. The van der Waals surface area contributed by atoms with Crippen LogP contribution in [0.2, 0.25) is 0 Å². The Morgan fingerprint density at radius 3 is 2.87 bits per heavy atom. The Balaban J connectivity index is 1.97. The number of hydrogen-bond donors (Lipinski definition) is 1. The first-order valence-electron chi connectivity index (χ1n) is 7.84. The van der Waals surface area contributed by atoms with Gasteiger partial charge in [-0.3, -0.25) is 9.69 Å². The summed E-state index contributed by atoms with van der Waals surface area (Å²) in [6.07, 6.45) is 1.64. The van der Waals surface area contributed by atoms with E-state index in [0.717, 1.165) is 24.9 Å². The van der Waals surface area contributed by atoms with Crippen molar-refractivity contribution in [1.29, 1.82) is 0 Å². The standard InChI is InChI=1S/C17H23FN2O3/c1-12(17(22)23)19(2)16(21)14-6-4-8-20(11-14)10-13-5-3-7-15(18)9-13/h3,5,7,9,12,14H,4,6,8,10-11H2,1-2H3,(H,22,23)/t12-,14+/m0/s1. The van der Waals surface area contributed by atoms with Crippen molar-refractivity contribution in [3.05, 3.63) is 35.6 Å². The molecule has 2 atom stereocenters. The number of piperidine rings is 1. The third kappa shape index (κ3) is 4.51. The zero-order valence-electron chi connectivity index (χ0n) is 13.5. The predicted molar refractivity (Wildman–Crippen MR) is 84.3 cm³/mol. The van der Waals surface area contributed by atoms with Crippen molar-refractivity contribution in [3.63, 3.8) is 0 Å². The second-order valence-electron chi connectivity index (χ2n) is 6.17. The molecule has 0 bridgehead atoms. The van der Waals surface area contributed by atoms with Crippen LogP contribution in [0.4, 0.5) is 4.39 Å². The third-order valence-corrected chi connectivity index (χ3v) is 4.44. The fourth-order valence-corrected chi connectivity index (χ4v) is 2.94. The van der Waals surface area contributed by atoms with Crippen molar-refractivity contribution in [2.45, 2.75) is 32.4 Å². The van der Waals surface area contributed by atoms with Crippen molar-refractivity contribution in [1.82, 2.24) is 9.80 Å². The number of amides is 1. The van der Waals surface area contributed by atoms with Gasteiger partial charge in [-0.15, -0.1) is 0 Å². The lowest BCUT2D eigenvalue weighted by Gasteiger charge is -2.34. The monoisotopic (exact) mass is 322 g/mol. The average molecular weight is 322 g/mol. The number of hydrogen-bond acceptors (Lipinski definition) is 3. The molecule has 1 aromatic carbocycles. The van der Waals surface area contributed by atoms with Crippen LogP contribution in [0.15, 0.2) is 24.3 Å². The fraction of sp³-hybridized carbons (Fsp3) is 0.529. The van der Waals surface area contributed by atoms with E-state index in [1.807, 2.05) is 6.07 Å². The van der Waals surface area contributed by atoms with Gasteiger partial charge in [-0.1, -0.05) is 12.1 Å². The van der Waals surface area contributed by atoms with Crippen molar-refractivity contribution >= 4 is 11.9 Å². The summed E-state index contributed by atoms with van der Waals surface area (Å²) in [4.78, 5) is 26.9. The molecule has 0 unspecified atom stereocenters. The number of carboxylic acids is 1. The number of carboxylic acid groups (broad SMARTS) is 1. The van der Waals surface area contributed by atoms with E-state index in [-0.39, 0.29) is 17.6 Å². The summed E-state index contributed by atoms with van der Waals surface area (Å²) in [6.45, 7) is 3.54. The predicted octanol–water partition coefficient (Wildman–Crippen LogP) is 1.97. The second-order valence-corrected chi connectivity index (χ2v) is 6.17. The Labute approximate surface area is 135 Å². The molecule has 5 nitrogen and oxygen atoms in total. The quantitative estimate of drug-likeness (QED) is 0.900. The molecule has 1 aliphatic rings. The molecule has 0 aliphatic carbocycles. The van der Waals surface area contributed by atoms with Crippen LogP contribution >= 0.6 is 0 Å². The van der Waals surface area contributed by atoms with E-state index in [4.69, 9.17) is 5.11 Å². The number of likely N-dealkylation sites (tertiary alicyclic amines) is 1. The van der Waals surface area contributed by atoms with Gasteiger partial charge in [-0.25, -0.2) is 9.18 Å². The minimum atomic E-state index is -1.01. The van der Waals surface area contributed by atoms with Crippen molar-refractivity contribution < 1.29 is 19.1 Å². The first kappa shape index (κ1) is 17.4. The van der Waals surface area contributed by atoms with Crippen molar-refractivity contribution in [2.75, 3.05) is 20.1 Å². The van der Waals surface area contributed by atoms with Crippen molar-refractivity contribution in [3.8, 4) is 0 Å². The maximum absolute atomic E-state index is 13.3. The van der Waals surface area contributed by atoms with Gasteiger partial charge in [0.25, 0.3) is 0 Å². The van der Waals surface area contributed by atoms with Crippen LogP contribution in [-0.2, 0) is 16.1 Å². The molecular weight excluding hydrogens is 299 g/mol. The molecule has 2 rings (SSSR count). The van der Waals surface area contributed by atoms with Crippen LogP contribution in [-0.4, -0.2) is 53.0 Å². The third-order valence-electron chi connectivity index (χ3n) is 4.44. The molecule has 1 amide bonds. The summed E-state index contributed by atoms with van der Waals surface area (Å²) in [5.41, 5.74) is 0.880. The van der Waals surface area contributed by atoms with E-state index >= 15 is 0 Å². The summed E-state index contributed by atoms with van der Waals surface area (Å²) in [5, 5.41) is 9.03. The van der Waals surface area contributed by atoms with Crippen LogP contribution in [0.1, 0.15) is 25.3 Å². The SMILES string of the molecule is C[C@@H](C(=O)O)N(C)C(=O)[C@@H]1CCCN(Cc2cccc(F)c2)C1. The zero-order chi connectivity index (χ0) is 17.0. The van der Waals surface area contributed by atoms with Gasteiger partial charge in [-0.2, -0.15) is 0 Å². The van der Waals surface area contributed by atoms with Crippen LogP contribution in [0.5, 0.6) is 0 Å². The van der Waals surface area contributed by atoms with Gasteiger partial charge in [-0.05, 0) is 44.0 Å². The van der Waals surface area contributed by atoms with Crippen LogP contribution in [0.3, 0.4) is 0 Å². The maximum Gasteiger partial charge on any atom is 0.326 e. The molecule has 0 radical (unpaired) electrons. The van der Waals surface area contributed by atoms with Gasteiger partial charge in [0.15, 0.2) is 0 Å². The lowest BCUT2D eigenvalue weighted by Crippen LogP contribution is -2.47. The average Bonchev–Trinajstić information content (AvgIpc) is 2.53. The number of carbonyl (C=O) groups is 2. The molecule has 126 valence electrons. The topological polar surface area (TPSA) is 60.9 Å². The molecule has 1 heterocycles. The maximum atomic E-state index is 13.3. The first-order valence-corrected chi connectivity index (χ1v) is 7.84. The number of likely N-dealkylation sites (N-methyl/N-ethyl adjacent to an activating group) is 1. The normalized spacial score (nSPS) is 20.0. The van der Waals surface area contributed by atoms with Crippen LogP contribution in [0, 0.1) is 11.7 Å². The minimum absolute atomic E-state index is 0.135. The zero-order valence-corrected chi connectivity index (χ0v) is 13.5. The second kappa shape index (κ2) is 7.55. The Morgan fingerprint density at radius 1 is 1.48 bits per heavy atom. The Bertz CT molecular complexity index is 579. The fourth-order valence-electron chi connectivity index (χ4n) is 2.94. The Kier molecular flexibility index (Phi) is 5.71. The van der Waals surface area contributed by atoms with Gasteiger partial charge >= 0.3 is 5.97 Å².